The molecule has 1 amide bonds. The molecule has 2 aromatic rings. The SMILES string of the molecule is NC(=O)OC1C2CCCCC2CCN1S(=O)(=O)c1ccc(-c2ccccc2)cc1. The van der Waals surface area contributed by atoms with Gasteiger partial charge in [0.1, 0.15) is 0 Å². The van der Waals surface area contributed by atoms with Gasteiger partial charge in [0.2, 0.25) is 10.0 Å². The molecule has 0 spiro atoms. The molecule has 0 bridgehead atoms. The van der Waals surface area contributed by atoms with Gasteiger partial charge in [0.05, 0.1) is 4.90 Å². The fourth-order valence-corrected chi connectivity index (χ4v) is 6.28. The van der Waals surface area contributed by atoms with Crippen molar-refractivity contribution in [1.82, 2.24) is 4.31 Å². The van der Waals surface area contributed by atoms with Gasteiger partial charge in [0, 0.05) is 12.5 Å². The molecule has 1 saturated heterocycles. The maximum atomic E-state index is 13.4. The van der Waals surface area contributed by atoms with E-state index in [-0.39, 0.29) is 10.8 Å². The van der Waals surface area contributed by atoms with Gasteiger partial charge in [0.15, 0.2) is 6.23 Å². The summed E-state index contributed by atoms with van der Waals surface area (Å²) in [6.07, 6.45) is 3.07. The third kappa shape index (κ3) is 4.02. The van der Waals surface area contributed by atoms with Crippen LogP contribution < -0.4 is 5.73 Å². The van der Waals surface area contributed by atoms with Crippen molar-refractivity contribution >= 4 is 16.1 Å². The lowest BCUT2D eigenvalue weighted by Gasteiger charge is -2.45. The number of hydrogen-bond donors (Lipinski definition) is 1. The van der Waals surface area contributed by atoms with E-state index in [1.165, 1.54) is 4.31 Å². The van der Waals surface area contributed by atoms with E-state index in [1.807, 2.05) is 30.3 Å². The Labute approximate surface area is 171 Å². The third-order valence-electron chi connectivity index (χ3n) is 6.14. The molecule has 4 rings (SSSR count). The molecular weight excluding hydrogens is 388 g/mol. The number of benzene rings is 2. The number of fused-ring (bicyclic) bond motifs is 1. The molecule has 6 nitrogen and oxygen atoms in total. The Morgan fingerprint density at radius 2 is 1.59 bits per heavy atom. The Kier molecular flexibility index (Phi) is 5.61. The molecule has 3 atom stereocenters. The van der Waals surface area contributed by atoms with E-state index >= 15 is 0 Å². The fraction of sp³-hybridized carbons (Fsp3) is 0.409. The highest BCUT2D eigenvalue weighted by Gasteiger charge is 2.46. The standard InChI is InChI=1S/C22H26N2O4S/c23-22(25)28-21-20-9-5-4-8-18(20)14-15-24(21)29(26,27)19-12-10-17(11-13-19)16-6-2-1-3-7-16/h1-3,6-7,10-13,18,20-21H,4-5,8-9,14-15H2,(H2,23,25). The Morgan fingerprint density at radius 3 is 2.28 bits per heavy atom. The number of hydrogen-bond acceptors (Lipinski definition) is 4. The highest BCUT2D eigenvalue weighted by Crippen LogP contribution is 2.42. The highest BCUT2D eigenvalue weighted by atomic mass is 32.2. The number of nitrogens with zero attached hydrogens (tertiary/aromatic N) is 1. The summed E-state index contributed by atoms with van der Waals surface area (Å²) < 4.78 is 33.5. The van der Waals surface area contributed by atoms with E-state index in [1.54, 1.807) is 24.3 Å². The molecule has 2 aromatic carbocycles. The molecule has 3 unspecified atom stereocenters. The van der Waals surface area contributed by atoms with E-state index < -0.39 is 22.3 Å². The molecule has 1 aliphatic carbocycles. The van der Waals surface area contributed by atoms with Crippen LogP contribution in [-0.2, 0) is 14.8 Å². The van der Waals surface area contributed by atoms with E-state index in [9.17, 15) is 13.2 Å². The third-order valence-corrected chi connectivity index (χ3v) is 8.02. The highest BCUT2D eigenvalue weighted by molar-refractivity contribution is 7.89. The summed E-state index contributed by atoms with van der Waals surface area (Å²) in [5, 5.41) is 0. The Bertz CT molecular complexity index is 960. The number of sulfonamides is 1. The number of ether oxygens (including phenoxy) is 1. The molecule has 2 aliphatic rings. The van der Waals surface area contributed by atoms with Gasteiger partial charge in [-0.05, 0) is 48.4 Å². The molecule has 2 fully saturated rings. The summed E-state index contributed by atoms with van der Waals surface area (Å²) in [6.45, 7) is 0.335. The monoisotopic (exact) mass is 414 g/mol. The summed E-state index contributed by atoms with van der Waals surface area (Å²) in [6, 6.07) is 16.6. The Hall–Kier alpha value is -2.38. The largest absolute Gasteiger partial charge is 0.429 e. The predicted molar refractivity (Wildman–Crippen MR) is 110 cm³/mol. The number of piperidine rings is 1. The van der Waals surface area contributed by atoms with E-state index in [4.69, 9.17) is 10.5 Å². The molecular formula is C22H26N2O4S. The van der Waals surface area contributed by atoms with Crippen LogP contribution in [0.1, 0.15) is 32.1 Å². The van der Waals surface area contributed by atoms with Crippen molar-refractivity contribution in [2.24, 2.45) is 17.6 Å². The van der Waals surface area contributed by atoms with Gasteiger partial charge in [-0.3, -0.25) is 0 Å². The van der Waals surface area contributed by atoms with Gasteiger partial charge in [-0.2, -0.15) is 4.31 Å². The summed E-state index contributed by atoms with van der Waals surface area (Å²) in [5.41, 5.74) is 7.26. The molecule has 1 aliphatic heterocycles. The van der Waals surface area contributed by atoms with Crippen LogP contribution in [0.25, 0.3) is 11.1 Å². The van der Waals surface area contributed by atoms with Gasteiger partial charge in [-0.15, -0.1) is 0 Å². The summed E-state index contributed by atoms with van der Waals surface area (Å²) in [5.74, 6) is 0.378. The van der Waals surface area contributed by atoms with Crippen molar-refractivity contribution in [2.75, 3.05) is 6.54 Å². The second-order valence-corrected chi connectivity index (χ2v) is 9.72. The Balaban J connectivity index is 1.63. The normalized spacial score (nSPS) is 25.2. The van der Waals surface area contributed by atoms with Crippen molar-refractivity contribution < 1.29 is 17.9 Å². The summed E-state index contributed by atoms with van der Waals surface area (Å²) in [7, 11) is -3.81. The summed E-state index contributed by atoms with van der Waals surface area (Å²) in [4.78, 5) is 11.7. The van der Waals surface area contributed by atoms with Gasteiger partial charge in [-0.25, -0.2) is 13.2 Å². The molecule has 1 heterocycles. The lowest BCUT2D eigenvalue weighted by molar-refractivity contribution is -0.0651. The van der Waals surface area contributed by atoms with Crippen molar-refractivity contribution in [2.45, 2.75) is 43.2 Å². The lowest BCUT2D eigenvalue weighted by Crippen LogP contribution is -2.54. The van der Waals surface area contributed by atoms with Crippen LogP contribution in [0.3, 0.4) is 0 Å². The number of nitrogens with two attached hydrogens (primary N) is 1. The van der Waals surface area contributed by atoms with E-state index in [0.717, 1.165) is 43.2 Å². The first-order valence-corrected chi connectivity index (χ1v) is 11.5. The van der Waals surface area contributed by atoms with Crippen LogP contribution in [0.2, 0.25) is 0 Å². The second kappa shape index (κ2) is 8.16. The van der Waals surface area contributed by atoms with Crippen molar-refractivity contribution in [3.63, 3.8) is 0 Å². The number of carbonyl (C=O) groups excluding carboxylic acids is 1. The fourth-order valence-electron chi connectivity index (χ4n) is 4.71. The first-order chi connectivity index (χ1) is 14.0. The smallest absolute Gasteiger partial charge is 0.406 e. The van der Waals surface area contributed by atoms with E-state index in [2.05, 4.69) is 0 Å². The zero-order chi connectivity index (χ0) is 20.4. The van der Waals surface area contributed by atoms with Crippen LogP contribution >= 0.6 is 0 Å². The van der Waals surface area contributed by atoms with Gasteiger partial charge < -0.3 is 10.5 Å². The predicted octanol–water partition coefficient (Wildman–Crippen LogP) is 3.98. The molecule has 7 heteroatoms. The van der Waals surface area contributed by atoms with E-state index in [0.29, 0.717) is 12.5 Å². The van der Waals surface area contributed by atoms with Crippen molar-refractivity contribution in [1.29, 1.82) is 0 Å². The van der Waals surface area contributed by atoms with Crippen LogP contribution in [0, 0.1) is 11.8 Å². The van der Waals surface area contributed by atoms with Crippen LogP contribution in [0.5, 0.6) is 0 Å². The minimum absolute atomic E-state index is 0.00312. The minimum atomic E-state index is -3.81. The number of primary amides is 1. The first-order valence-electron chi connectivity index (χ1n) is 10.1. The van der Waals surface area contributed by atoms with Crippen LogP contribution in [0.4, 0.5) is 4.79 Å². The van der Waals surface area contributed by atoms with Crippen LogP contribution in [0.15, 0.2) is 59.5 Å². The molecule has 0 aromatic heterocycles. The van der Waals surface area contributed by atoms with Gasteiger partial charge in [-0.1, -0.05) is 55.3 Å². The number of rotatable bonds is 4. The Morgan fingerprint density at radius 1 is 0.931 bits per heavy atom. The molecule has 0 radical (unpaired) electrons. The van der Waals surface area contributed by atoms with Crippen LogP contribution in [-0.4, -0.2) is 31.6 Å². The molecule has 2 N–H and O–H groups in total. The minimum Gasteiger partial charge on any atom is -0.429 e. The average Bonchev–Trinajstić information content (AvgIpc) is 2.74. The molecule has 154 valence electrons. The second-order valence-electron chi connectivity index (χ2n) is 7.83. The number of carbonyl (C=O) groups is 1. The number of amides is 1. The quantitative estimate of drug-likeness (QED) is 0.819. The van der Waals surface area contributed by atoms with Gasteiger partial charge >= 0.3 is 6.09 Å². The maximum absolute atomic E-state index is 13.4. The molecule has 1 saturated carbocycles. The van der Waals surface area contributed by atoms with Crippen molar-refractivity contribution in [3.05, 3.63) is 54.6 Å². The first kappa shape index (κ1) is 19.9. The zero-order valence-electron chi connectivity index (χ0n) is 16.2. The summed E-state index contributed by atoms with van der Waals surface area (Å²) >= 11 is 0. The van der Waals surface area contributed by atoms with Gasteiger partial charge in [0.25, 0.3) is 0 Å². The van der Waals surface area contributed by atoms with Crippen molar-refractivity contribution in [3.8, 4) is 11.1 Å². The topological polar surface area (TPSA) is 89.7 Å². The maximum Gasteiger partial charge on any atom is 0.406 e. The lowest BCUT2D eigenvalue weighted by atomic mass is 9.74. The zero-order valence-corrected chi connectivity index (χ0v) is 17.1. The molecule has 29 heavy (non-hydrogen) atoms. The average molecular weight is 415 g/mol.